The molecule has 1 aliphatic carbocycles. The van der Waals surface area contributed by atoms with Crippen LogP contribution in [-0.2, 0) is 16.0 Å². The lowest BCUT2D eigenvalue weighted by Crippen LogP contribution is -2.42. The fourth-order valence-corrected chi connectivity index (χ4v) is 2.81. The molecule has 0 bridgehead atoms. The van der Waals surface area contributed by atoms with Crippen molar-refractivity contribution in [2.24, 2.45) is 5.92 Å². The number of nitrogens with one attached hydrogen (secondary N) is 1. The van der Waals surface area contributed by atoms with Gasteiger partial charge in [-0.05, 0) is 44.6 Å². The molecule has 0 saturated heterocycles. The minimum absolute atomic E-state index is 0.0769. The van der Waals surface area contributed by atoms with Gasteiger partial charge in [0.05, 0.1) is 0 Å². The zero-order chi connectivity index (χ0) is 16.6. The van der Waals surface area contributed by atoms with E-state index in [1.165, 1.54) is 6.33 Å². The lowest BCUT2D eigenvalue weighted by molar-refractivity contribution is -0.142. The molecule has 1 amide bonds. The van der Waals surface area contributed by atoms with Crippen molar-refractivity contribution in [2.75, 3.05) is 0 Å². The average Bonchev–Trinajstić information content (AvgIpc) is 3.22. The van der Waals surface area contributed by atoms with Crippen molar-refractivity contribution < 1.29 is 14.7 Å². The molecule has 1 unspecified atom stereocenters. The van der Waals surface area contributed by atoms with Crippen LogP contribution in [0.1, 0.15) is 36.2 Å². The summed E-state index contributed by atoms with van der Waals surface area (Å²) >= 11 is 0. The van der Waals surface area contributed by atoms with E-state index >= 15 is 0 Å². The first kappa shape index (κ1) is 15.4. The maximum atomic E-state index is 12.1. The summed E-state index contributed by atoms with van der Waals surface area (Å²) in [6, 6.07) is -0.763. The Morgan fingerprint density at radius 1 is 1.43 bits per heavy atom. The van der Waals surface area contributed by atoms with Crippen LogP contribution in [0.2, 0.25) is 0 Å². The van der Waals surface area contributed by atoms with Crippen LogP contribution in [0, 0.1) is 19.8 Å². The average molecular weight is 317 g/mol. The molecular formula is C15H19N5O3. The van der Waals surface area contributed by atoms with E-state index in [0.717, 1.165) is 29.8 Å². The highest BCUT2D eigenvalue weighted by Gasteiger charge is 2.37. The first-order chi connectivity index (χ1) is 11.0. The van der Waals surface area contributed by atoms with Gasteiger partial charge in [0.15, 0.2) is 0 Å². The number of aryl methyl sites for hydroxylation is 2. The molecular weight excluding hydrogens is 298 g/mol. The van der Waals surface area contributed by atoms with E-state index < -0.39 is 12.0 Å². The van der Waals surface area contributed by atoms with Gasteiger partial charge >= 0.3 is 5.97 Å². The summed E-state index contributed by atoms with van der Waals surface area (Å²) in [7, 11) is 0. The SMILES string of the molecule is Cc1nc2ncnn2c(C)c1CCC(=O)NC(C(=O)O)C1CC1. The number of carboxylic acid groups (broad SMARTS) is 1. The quantitative estimate of drug-likeness (QED) is 0.809. The highest BCUT2D eigenvalue weighted by atomic mass is 16.4. The Bertz CT molecular complexity index is 766. The van der Waals surface area contributed by atoms with Crippen molar-refractivity contribution in [3.05, 3.63) is 23.3 Å². The van der Waals surface area contributed by atoms with Crippen molar-refractivity contribution in [1.82, 2.24) is 24.9 Å². The van der Waals surface area contributed by atoms with Crippen LogP contribution in [0.3, 0.4) is 0 Å². The van der Waals surface area contributed by atoms with Crippen molar-refractivity contribution >= 4 is 17.7 Å². The van der Waals surface area contributed by atoms with Crippen molar-refractivity contribution in [3.8, 4) is 0 Å². The number of fused-ring (bicyclic) bond motifs is 1. The van der Waals surface area contributed by atoms with E-state index in [2.05, 4.69) is 20.4 Å². The van der Waals surface area contributed by atoms with Gasteiger partial charge in [0.25, 0.3) is 5.78 Å². The lowest BCUT2D eigenvalue weighted by Gasteiger charge is -2.14. The predicted molar refractivity (Wildman–Crippen MR) is 80.9 cm³/mol. The first-order valence-electron chi connectivity index (χ1n) is 7.65. The van der Waals surface area contributed by atoms with Gasteiger partial charge < -0.3 is 10.4 Å². The second-order valence-corrected chi connectivity index (χ2v) is 5.95. The molecule has 122 valence electrons. The van der Waals surface area contributed by atoms with Crippen LogP contribution in [-0.4, -0.2) is 42.6 Å². The molecule has 2 heterocycles. The predicted octanol–water partition coefficient (Wildman–Crippen LogP) is 0.653. The molecule has 8 nitrogen and oxygen atoms in total. The van der Waals surface area contributed by atoms with Gasteiger partial charge in [-0.2, -0.15) is 10.1 Å². The summed E-state index contributed by atoms with van der Waals surface area (Å²) in [5, 5.41) is 15.9. The summed E-state index contributed by atoms with van der Waals surface area (Å²) < 4.78 is 1.64. The van der Waals surface area contributed by atoms with Crippen LogP contribution in [0.5, 0.6) is 0 Å². The Morgan fingerprint density at radius 2 is 2.17 bits per heavy atom. The first-order valence-corrected chi connectivity index (χ1v) is 7.65. The molecule has 0 aromatic carbocycles. The maximum Gasteiger partial charge on any atom is 0.326 e. The van der Waals surface area contributed by atoms with E-state index in [-0.39, 0.29) is 18.2 Å². The van der Waals surface area contributed by atoms with Crippen LogP contribution < -0.4 is 5.32 Å². The molecule has 0 aliphatic heterocycles. The highest BCUT2D eigenvalue weighted by Crippen LogP contribution is 2.32. The largest absolute Gasteiger partial charge is 0.480 e. The van der Waals surface area contributed by atoms with Crippen LogP contribution in [0.4, 0.5) is 0 Å². The second-order valence-electron chi connectivity index (χ2n) is 5.95. The topological polar surface area (TPSA) is 109 Å². The third-order valence-electron chi connectivity index (χ3n) is 4.27. The Kier molecular flexibility index (Phi) is 3.97. The molecule has 1 atom stereocenters. The zero-order valence-electron chi connectivity index (χ0n) is 13.1. The van der Waals surface area contributed by atoms with Gasteiger partial charge in [-0.3, -0.25) is 4.79 Å². The fourth-order valence-electron chi connectivity index (χ4n) is 2.81. The lowest BCUT2D eigenvalue weighted by atomic mass is 10.1. The minimum Gasteiger partial charge on any atom is -0.480 e. The third-order valence-corrected chi connectivity index (χ3v) is 4.27. The number of aliphatic carboxylic acids is 1. The standard InChI is InChI=1S/C15H19N5O3/c1-8-11(9(2)20-15(18-8)16-7-17-20)5-6-12(21)19-13(14(22)23)10-3-4-10/h7,10,13H,3-6H2,1-2H3,(H,19,21)(H,22,23). The van der Waals surface area contributed by atoms with Gasteiger partial charge in [-0.25, -0.2) is 14.3 Å². The molecule has 0 radical (unpaired) electrons. The van der Waals surface area contributed by atoms with E-state index in [9.17, 15) is 9.59 Å². The molecule has 1 saturated carbocycles. The number of aromatic nitrogens is 4. The number of carbonyl (C=O) groups excluding carboxylic acids is 1. The number of hydrogen-bond acceptors (Lipinski definition) is 5. The zero-order valence-corrected chi connectivity index (χ0v) is 13.1. The molecule has 23 heavy (non-hydrogen) atoms. The molecule has 2 aromatic rings. The van der Waals surface area contributed by atoms with Crippen LogP contribution >= 0.6 is 0 Å². The van der Waals surface area contributed by atoms with Crippen molar-refractivity contribution in [3.63, 3.8) is 0 Å². The Morgan fingerprint density at radius 3 is 2.83 bits per heavy atom. The van der Waals surface area contributed by atoms with Gasteiger partial charge in [-0.15, -0.1) is 0 Å². The Labute approximate surface area is 132 Å². The van der Waals surface area contributed by atoms with Gasteiger partial charge in [0.2, 0.25) is 5.91 Å². The van der Waals surface area contributed by atoms with Gasteiger partial charge in [-0.1, -0.05) is 0 Å². The summed E-state index contributed by atoms with van der Waals surface area (Å²) in [6.45, 7) is 3.78. The van der Waals surface area contributed by atoms with E-state index in [4.69, 9.17) is 5.11 Å². The Hall–Kier alpha value is -2.51. The summed E-state index contributed by atoms with van der Waals surface area (Å²) in [4.78, 5) is 31.7. The van der Waals surface area contributed by atoms with E-state index in [1.54, 1.807) is 4.52 Å². The van der Waals surface area contributed by atoms with Crippen LogP contribution in [0.25, 0.3) is 5.78 Å². The number of amides is 1. The highest BCUT2D eigenvalue weighted by molar-refractivity contribution is 5.84. The number of carboxylic acids is 1. The van der Waals surface area contributed by atoms with Gasteiger partial charge in [0.1, 0.15) is 12.4 Å². The normalized spacial score (nSPS) is 15.6. The van der Waals surface area contributed by atoms with Crippen molar-refractivity contribution in [1.29, 1.82) is 0 Å². The summed E-state index contributed by atoms with van der Waals surface area (Å²) in [5.74, 6) is -0.596. The van der Waals surface area contributed by atoms with E-state index in [1.807, 2.05) is 13.8 Å². The molecule has 3 rings (SSSR count). The molecule has 0 spiro atoms. The summed E-state index contributed by atoms with van der Waals surface area (Å²) in [6.07, 6.45) is 3.88. The maximum absolute atomic E-state index is 12.1. The number of carbonyl (C=O) groups is 2. The Balaban J connectivity index is 1.68. The molecule has 1 aliphatic rings. The van der Waals surface area contributed by atoms with Crippen LogP contribution in [0.15, 0.2) is 6.33 Å². The molecule has 1 fully saturated rings. The third kappa shape index (κ3) is 3.15. The smallest absolute Gasteiger partial charge is 0.326 e. The molecule has 8 heteroatoms. The number of nitrogens with zero attached hydrogens (tertiary/aromatic N) is 4. The molecule has 2 N–H and O–H groups in total. The number of hydrogen-bond donors (Lipinski definition) is 2. The fraction of sp³-hybridized carbons (Fsp3) is 0.533. The number of rotatable bonds is 6. The van der Waals surface area contributed by atoms with Gasteiger partial charge in [0, 0.05) is 17.8 Å². The minimum atomic E-state index is -0.959. The van der Waals surface area contributed by atoms with E-state index in [0.29, 0.717) is 12.2 Å². The molecule has 2 aromatic heterocycles. The second kappa shape index (κ2) is 5.94. The van der Waals surface area contributed by atoms with Crippen molar-refractivity contribution in [2.45, 2.75) is 45.6 Å². The summed E-state index contributed by atoms with van der Waals surface area (Å²) in [5.41, 5.74) is 2.65. The monoisotopic (exact) mass is 317 g/mol.